The first-order chi connectivity index (χ1) is 15.9. The van der Waals surface area contributed by atoms with Crippen LogP contribution in [0.1, 0.15) is 22.8 Å². The maximum Gasteiger partial charge on any atom is 0.300 e. The first-order valence-corrected chi connectivity index (χ1v) is 11.3. The van der Waals surface area contributed by atoms with Crippen molar-refractivity contribution in [3.05, 3.63) is 59.7 Å². The number of tetrazole rings is 1. The summed E-state index contributed by atoms with van der Waals surface area (Å²) in [5.74, 6) is -1.03. The van der Waals surface area contributed by atoms with E-state index in [4.69, 9.17) is 0 Å². The molecule has 33 heavy (non-hydrogen) atoms. The molecule has 0 aliphatic carbocycles. The third-order valence-corrected chi connectivity index (χ3v) is 6.77. The summed E-state index contributed by atoms with van der Waals surface area (Å²) >= 11 is 1.24. The third-order valence-electron chi connectivity index (χ3n) is 5.84. The van der Waals surface area contributed by atoms with Crippen molar-refractivity contribution in [2.45, 2.75) is 25.5 Å². The number of carbonyl (C=O) groups excluding carboxylic acids is 3. The fourth-order valence-corrected chi connectivity index (χ4v) is 4.79. The van der Waals surface area contributed by atoms with E-state index in [2.05, 4.69) is 21.0 Å². The van der Waals surface area contributed by atoms with Crippen LogP contribution in [0.25, 0.3) is 0 Å². The Labute approximate surface area is 193 Å². The van der Waals surface area contributed by atoms with Gasteiger partial charge in [0.2, 0.25) is 11.1 Å². The number of fused-ring (bicyclic) bond motifs is 1. The fraction of sp³-hybridized carbons (Fsp3) is 0.273. The van der Waals surface area contributed by atoms with Gasteiger partial charge in [0.05, 0.1) is 41.3 Å². The van der Waals surface area contributed by atoms with Crippen molar-refractivity contribution in [3.8, 4) is 0 Å². The number of hydrazine groups is 1. The van der Waals surface area contributed by atoms with E-state index < -0.39 is 17.1 Å². The van der Waals surface area contributed by atoms with Crippen molar-refractivity contribution in [2.24, 2.45) is 5.41 Å². The predicted octanol–water partition coefficient (Wildman–Crippen LogP) is 1.82. The molecule has 1 fully saturated rings. The molecule has 0 bridgehead atoms. The highest BCUT2D eigenvalue weighted by Crippen LogP contribution is 2.33. The zero-order valence-electron chi connectivity index (χ0n) is 18.1. The standard InChI is InChI=1S/C22H21N7O3S/c1-14-7-9-15(10-8-14)28-11-22(2,20(32)24-28)12-29-21(23-25-26-29)33-13-27-17-6-4-3-5-16(17)18(30)19(27)31/h3-10H,11-13H2,1-2H3,(H,24,32). The molecule has 2 aliphatic heterocycles. The van der Waals surface area contributed by atoms with Crippen molar-refractivity contribution in [1.29, 1.82) is 0 Å². The molecule has 3 aromatic rings. The van der Waals surface area contributed by atoms with E-state index in [-0.39, 0.29) is 18.3 Å². The van der Waals surface area contributed by atoms with Crippen LogP contribution in [-0.4, -0.2) is 50.2 Å². The number of carbonyl (C=O) groups is 3. The molecule has 1 unspecified atom stereocenters. The maximum absolute atomic E-state index is 12.8. The zero-order chi connectivity index (χ0) is 23.2. The summed E-state index contributed by atoms with van der Waals surface area (Å²) in [6.45, 7) is 4.59. The van der Waals surface area contributed by atoms with Crippen LogP contribution in [0.5, 0.6) is 0 Å². The molecule has 10 nitrogen and oxygen atoms in total. The molecule has 2 aromatic carbocycles. The molecule has 1 N–H and O–H groups in total. The van der Waals surface area contributed by atoms with Gasteiger partial charge in [-0.3, -0.25) is 29.7 Å². The number of hydrogen-bond acceptors (Lipinski definition) is 8. The molecule has 2 aliphatic rings. The highest BCUT2D eigenvalue weighted by atomic mass is 32.2. The van der Waals surface area contributed by atoms with Crippen LogP contribution in [0.2, 0.25) is 0 Å². The first-order valence-electron chi connectivity index (χ1n) is 10.4. The fourth-order valence-electron chi connectivity index (χ4n) is 3.95. The number of thioether (sulfide) groups is 1. The van der Waals surface area contributed by atoms with Gasteiger partial charge in [-0.2, -0.15) is 0 Å². The number of Topliss-reactive ketones (excluding diaryl/α,β-unsaturated/α-hetero) is 1. The van der Waals surface area contributed by atoms with Crippen molar-refractivity contribution >= 4 is 40.7 Å². The quantitative estimate of drug-likeness (QED) is 0.435. The van der Waals surface area contributed by atoms with Gasteiger partial charge in [0, 0.05) is 0 Å². The van der Waals surface area contributed by atoms with Gasteiger partial charge in [0.1, 0.15) is 0 Å². The van der Waals surface area contributed by atoms with Gasteiger partial charge in [0.15, 0.2) is 0 Å². The zero-order valence-corrected chi connectivity index (χ0v) is 18.9. The lowest BCUT2D eigenvalue weighted by atomic mass is 9.91. The van der Waals surface area contributed by atoms with E-state index in [1.807, 2.05) is 43.1 Å². The van der Waals surface area contributed by atoms with Crippen LogP contribution in [-0.2, 0) is 16.1 Å². The first kappa shape index (κ1) is 21.1. The number of para-hydroxylation sites is 1. The minimum Gasteiger partial charge on any atom is -0.295 e. The minimum atomic E-state index is -0.762. The third kappa shape index (κ3) is 3.74. The Bertz CT molecular complexity index is 1260. The SMILES string of the molecule is Cc1ccc(N2CC(C)(Cn3nnnc3SCN3C(=O)C(=O)c4ccccc43)C(=O)N2)cc1. The largest absolute Gasteiger partial charge is 0.300 e. The molecule has 3 heterocycles. The Morgan fingerprint density at radius 1 is 1.09 bits per heavy atom. The lowest BCUT2D eigenvalue weighted by Crippen LogP contribution is -2.35. The number of ketones is 1. The van der Waals surface area contributed by atoms with Gasteiger partial charge in [-0.1, -0.05) is 41.6 Å². The van der Waals surface area contributed by atoms with E-state index in [1.54, 1.807) is 28.9 Å². The molecule has 1 atom stereocenters. The highest BCUT2D eigenvalue weighted by Gasteiger charge is 2.44. The van der Waals surface area contributed by atoms with E-state index in [0.29, 0.717) is 23.0 Å². The lowest BCUT2D eigenvalue weighted by Gasteiger charge is -2.22. The summed E-state index contributed by atoms with van der Waals surface area (Å²) in [4.78, 5) is 38.9. The van der Waals surface area contributed by atoms with Crippen LogP contribution in [0, 0.1) is 12.3 Å². The number of benzene rings is 2. The van der Waals surface area contributed by atoms with Crippen molar-refractivity contribution in [3.63, 3.8) is 0 Å². The summed E-state index contributed by atoms with van der Waals surface area (Å²) in [5, 5.41) is 14.2. The topological polar surface area (TPSA) is 113 Å². The normalized spacial score (nSPS) is 19.9. The number of anilines is 2. The van der Waals surface area contributed by atoms with E-state index in [9.17, 15) is 14.4 Å². The Morgan fingerprint density at radius 2 is 1.85 bits per heavy atom. The highest BCUT2D eigenvalue weighted by molar-refractivity contribution is 7.99. The summed E-state index contributed by atoms with van der Waals surface area (Å²) < 4.78 is 1.57. The number of nitrogens with zero attached hydrogens (tertiary/aromatic N) is 6. The average molecular weight is 464 g/mol. The molecule has 0 radical (unpaired) electrons. The average Bonchev–Trinajstić information content (AvgIpc) is 3.44. The Morgan fingerprint density at radius 3 is 2.64 bits per heavy atom. The summed E-state index contributed by atoms with van der Waals surface area (Å²) in [7, 11) is 0. The van der Waals surface area contributed by atoms with Crippen molar-refractivity contribution in [1.82, 2.24) is 25.6 Å². The number of rotatable bonds is 6. The van der Waals surface area contributed by atoms with Gasteiger partial charge >= 0.3 is 0 Å². The summed E-state index contributed by atoms with van der Waals surface area (Å²) in [6.07, 6.45) is 0. The van der Waals surface area contributed by atoms with Gasteiger partial charge in [-0.25, -0.2) is 4.68 Å². The van der Waals surface area contributed by atoms with Crippen LogP contribution >= 0.6 is 11.8 Å². The second-order valence-corrected chi connectivity index (χ2v) is 9.31. The summed E-state index contributed by atoms with van der Waals surface area (Å²) in [5.41, 5.74) is 5.18. The van der Waals surface area contributed by atoms with Crippen molar-refractivity contribution < 1.29 is 14.4 Å². The molecule has 1 aromatic heterocycles. The monoisotopic (exact) mass is 463 g/mol. The van der Waals surface area contributed by atoms with Crippen molar-refractivity contribution in [2.75, 3.05) is 22.3 Å². The van der Waals surface area contributed by atoms with Gasteiger partial charge in [-0.15, -0.1) is 5.10 Å². The second-order valence-electron chi connectivity index (χ2n) is 8.40. The van der Waals surface area contributed by atoms with Gasteiger partial charge in [0.25, 0.3) is 11.7 Å². The van der Waals surface area contributed by atoms with Crippen LogP contribution in [0.3, 0.4) is 0 Å². The molecule has 11 heteroatoms. The molecular formula is C22H21N7O3S. The summed E-state index contributed by atoms with van der Waals surface area (Å²) in [6, 6.07) is 14.8. The van der Waals surface area contributed by atoms with E-state index in [1.165, 1.54) is 16.7 Å². The van der Waals surface area contributed by atoms with Crippen LogP contribution in [0.15, 0.2) is 53.7 Å². The Kier molecular flexibility index (Phi) is 5.12. The molecular weight excluding hydrogens is 442 g/mol. The smallest absolute Gasteiger partial charge is 0.295 e. The Balaban J connectivity index is 1.29. The number of aryl methyl sites for hydroxylation is 1. The number of hydrogen-bond donors (Lipinski definition) is 1. The molecule has 1 saturated heterocycles. The van der Waals surface area contributed by atoms with E-state index >= 15 is 0 Å². The van der Waals surface area contributed by atoms with Crippen LogP contribution < -0.4 is 15.3 Å². The molecule has 0 spiro atoms. The second kappa shape index (κ2) is 8.00. The van der Waals surface area contributed by atoms with E-state index in [0.717, 1.165) is 11.3 Å². The number of nitrogens with one attached hydrogen (secondary N) is 1. The number of amides is 2. The predicted molar refractivity (Wildman–Crippen MR) is 122 cm³/mol. The van der Waals surface area contributed by atoms with Gasteiger partial charge < -0.3 is 0 Å². The molecule has 2 amide bonds. The lowest BCUT2D eigenvalue weighted by molar-refractivity contribution is -0.127. The Hall–Kier alpha value is -3.73. The molecule has 0 saturated carbocycles. The molecule has 168 valence electrons. The number of aromatic nitrogens is 4. The van der Waals surface area contributed by atoms with Gasteiger partial charge in [-0.05, 0) is 48.5 Å². The maximum atomic E-state index is 12.8. The minimum absolute atomic E-state index is 0.122. The van der Waals surface area contributed by atoms with Crippen LogP contribution in [0.4, 0.5) is 11.4 Å². The molecule has 5 rings (SSSR count).